The molecule has 2 rings (SSSR count). The van der Waals surface area contributed by atoms with Crippen molar-refractivity contribution in [1.82, 2.24) is 10.2 Å². The fraction of sp³-hybridized carbons (Fsp3) is 0.231. The number of nitrogens with two attached hydrogens (primary N) is 1. The average molecular weight is 326 g/mol. The molecule has 19 heavy (non-hydrogen) atoms. The molecule has 0 atom stereocenters. The molecule has 0 unspecified atom stereocenters. The first-order valence-electron chi connectivity index (χ1n) is 5.78. The van der Waals surface area contributed by atoms with Crippen LogP contribution in [0.15, 0.2) is 41.3 Å². The lowest BCUT2D eigenvalue weighted by molar-refractivity contribution is 0.313. The smallest absolute Gasteiger partial charge is 0.272 e. The van der Waals surface area contributed by atoms with Gasteiger partial charge in [0.2, 0.25) is 0 Å². The average Bonchev–Trinajstić information content (AvgIpc) is 2.41. The van der Waals surface area contributed by atoms with Gasteiger partial charge in [-0.2, -0.15) is 5.10 Å². The van der Waals surface area contributed by atoms with Gasteiger partial charge < -0.3 is 10.5 Å². The number of nitrogens with one attached hydrogen (secondary N) is 1. The van der Waals surface area contributed by atoms with Gasteiger partial charge in [-0.1, -0.05) is 12.1 Å². The van der Waals surface area contributed by atoms with Gasteiger partial charge in [-0.3, -0.25) is 4.79 Å². The van der Waals surface area contributed by atoms with Gasteiger partial charge in [-0.05, 0) is 36.7 Å². The van der Waals surface area contributed by atoms with Crippen molar-refractivity contribution in [2.75, 3.05) is 13.2 Å². The summed E-state index contributed by atoms with van der Waals surface area (Å²) in [6, 6.07) is 9.06. The van der Waals surface area contributed by atoms with Crippen LogP contribution in [0.25, 0.3) is 11.1 Å². The number of halogens is 1. The highest BCUT2D eigenvalue weighted by Crippen LogP contribution is 2.19. The Balaban J connectivity index is 0.00000180. The Morgan fingerprint density at radius 2 is 1.95 bits per heavy atom. The van der Waals surface area contributed by atoms with Crippen molar-refractivity contribution in [2.24, 2.45) is 5.73 Å². The van der Waals surface area contributed by atoms with Crippen LogP contribution in [0.3, 0.4) is 0 Å². The number of nitrogens with zero attached hydrogens (tertiary/aromatic N) is 1. The van der Waals surface area contributed by atoms with Gasteiger partial charge in [-0.15, -0.1) is 17.0 Å². The number of aromatic amines is 1. The molecule has 1 heterocycles. The molecular formula is C13H16BrN3O2. The molecule has 0 fully saturated rings. The normalized spacial score (nSPS) is 9.74. The highest BCUT2D eigenvalue weighted by molar-refractivity contribution is 8.93. The van der Waals surface area contributed by atoms with Crippen molar-refractivity contribution in [1.29, 1.82) is 0 Å². The van der Waals surface area contributed by atoms with Gasteiger partial charge in [0.05, 0.1) is 6.61 Å². The van der Waals surface area contributed by atoms with E-state index >= 15 is 0 Å². The summed E-state index contributed by atoms with van der Waals surface area (Å²) < 4.78 is 5.49. The maximum absolute atomic E-state index is 11.6. The first-order chi connectivity index (χ1) is 8.81. The number of benzene rings is 1. The Hall–Kier alpha value is -1.66. The second kappa shape index (κ2) is 7.70. The molecule has 0 bridgehead atoms. The van der Waals surface area contributed by atoms with Crippen LogP contribution in [-0.4, -0.2) is 23.3 Å². The number of hydrogen-bond acceptors (Lipinski definition) is 4. The molecule has 0 aliphatic rings. The maximum Gasteiger partial charge on any atom is 0.272 e. The summed E-state index contributed by atoms with van der Waals surface area (Å²) >= 11 is 0. The largest absolute Gasteiger partial charge is 0.494 e. The predicted molar refractivity (Wildman–Crippen MR) is 79.8 cm³/mol. The number of rotatable bonds is 5. The minimum Gasteiger partial charge on any atom is -0.494 e. The molecular weight excluding hydrogens is 310 g/mol. The van der Waals surface area contributed by atoms with Crippen molar-refractivity contribution >= 4 is 17.0 Å². The quantitative estimate of drug-likeness (QED) is 0.820. The highest BCUT2D eigenvalue weighted by Gasteiger charge is 2.02. The molecule has 0 amide bonds. The summed E-state index contributed by atoms with van der Waals surface area (Å²) in [4.78, 5) is 11.6. The van der Waals surface area contributed by atoms with Crippen molar-refractivity contribution in [3.05, 3.63) is 46.9 Å². The van der Waals surface area contributed by atoms with Crippen molar-refractivity contribution in [3.63, 3.8) is 0 Å². The van der Waals surface area contributed by atoms with E-state index in [1.807, 2.05) is 24.3 Å². The standard InChI is InChI=1S/C13H15N3O2.BrH/c14-7-1-9-18-11-4-2-10(3-5-11)12-6-8-15-16-13(12)17;/h2-6,8H,1,7,9,14H2,(H,16,17);1H. The molecule has 1 aromatic carbocycles. The van der Waals surface area contributed by atoms with Crippen LogP contribution in [0.2, 0.25) is 0 Å². The van der Waals surface area contributed by atoms with Crippen LogP contribution >= 0.6 is 17.0 Å². The zero-order chi connectivity index (χ0) is 12.8. The molecule has 0 aliphatic heterocycles. The highest BCUT2D eigenvalue weighted by atomic mass is 79.9. The summed E-state index contributed by atoms with van der Waals surface area (Å²) in [6.07, 6.45) is 2.38. The Morgan fingerprint density at radius 1 is 1.21 bits per heavy atom. The maximum atomic E-state index is 11.6. The number of aromatic nitrogens is 2. The number of ether oxygens (including phenoxy) is 1. The van der Waals surface area contributed by atoms with E-state index in [1.165, 1.54) is 0 Å². The molecule has 0 saturated heterocycles. The number of hydrogen-bond donors (Lipinski definition) is 2. The molecule has 3 N–H and O–H groups in total. The van der Waals surface area contributed by atoms with Crippen LogP contribution in [0, 0.1) is 0 Å². The van der Waals surface area contributed by atoms with E-state index in [2.05, 4.69) is 10.2 Å². The zero-order valence-electron chi connectivity index (χ0n) is 10.3. The molecule has 6 heteroatoms. The molecule has 102 valence electrons. The summed E-state index contributed by atoms with van der Waals surface area (Å²) in [5, 5.41) is 6.07. The van der Waals surface area contributed by atoms with Gasteiger partial charge >= 0.3 is 0 Å². The van der Waals surface area contributed by atoms with Gasteiger partial charge in [0.15, 0.2) is 0 Å². The predicted octanol–water partition coefficient (Wildman–Crippen LogP) is 1.74. The van der Waals surface area contributed by atoms with Crippen LogP contribution in [-0.2, 0) is 0 Å². The molecule has 0 aliphatic carbocycles. The fourth-order valence-electron chi connectivity index (χ4n) is 1.58. The molecule has 2 aromatic rings. The lowest BCUT2D eigenvalue weighted by Gasteiger charge is -2.06. The van der Waals surface area contributed by atoms with Crippen molar-refractivity contribution < 1.29 is 4.74 Å². The summed E-state index contributed by atoms with van der Waals surface area (Å²) in [5.74, 6) is 0.776. The Morgan fingerprint density at radius 3 is 2.58 bits per heavy atom. The third-order valence-electron chi connectivity index (χ3n) is 2.51. The Kier molecular flexibility index (Phi) is 6.24. The second-order valence-corrected chi connectivity index (χ2v) is 3.81. The summed E-state index contributed by atoms with van der Waals surface area (Å²) in [5.41, 5.74) is 6.62. The van der Waals surface area contributed by atoms with Crippen LogP contribution in [0.5, 0.6) is 5.75 Å². The van der Waals surface area contributed by atoms with E-state index in [4.69, 9.17) is 10.5 Å². The van der Waals surface area contributed by atoms with E-state index in [-0.39, 0.29) is 22.5 Å². The van der Waals surface area contributed by atoms with Crippen LogP contribution in [0.1, 0.15) is 6.42 Å². The van der Waals surface area contributed by atoms with Gasteiger partial charge in [-0.25, -0.2) is 5.10 Å². The topological polar surface area (TPSA) is 81.0 Å². The molecule has 0 saturated carbocycles. The van der Waals surface area contributed by atoms with Crippen LogP contribution < -0.4 is 16.0 Å². The van der Waals surface area contributed by atoms with Crippen LogP contribution in [0.4, 0.5) is 0 Å². The molecule has 0 radical (unpaired) electrons. The van der Waals surface area contributed by atoms with Crippen molar-refractivity contribution in [2.45, 2.75) is 6.42 Å². The Bertz CT molecular complexity index is 554. The Labute approximate surface area is 121 Å². The zero-order valence-corrected chi connectivity index (χ0v) is 12.0. The second-order valence-electron chi connectivity index (χ2n) is 3.81. The van der Waals surface area contributed by atoms with E-state index in [0.717, 1.165) is 17.7 Å². The third kappa shape index (κ3) is 4.18. The van der Waals surface area contributed by atoms with Gasteiger partial charge in [0.25, 0.3) is 5.56 Å². The summed E-state index contributed by atoms with van der Waals surface area (Å²) in [7, 11) is 0. The van der Waals surface area contributed by atoms with E-state index < -0.39 is 0 Å². The monoisotopic (exact) mass is 325 g/mol. The third-order valence-corrected chi connectivity index (χ3v) is 2.51. The number of H-pyrrole nitrogens is 1. The van der Waals surface area contributed by atoms with E-state index in [1.54, 1.807) is 12.3 Å². The van der Waals surface area contributed by atoms with E-state index in [9.17, 15) is 4.79 Å². The summed E-state index contributed by atoms with van der Waals surface area (Å²) in [6.45, 7) is 1.22. The first kappa shape index (κ1) is 15.4. The minimum atomic E-state index is -0.200. The van der Waals surface area contributed by atoms with E-state index in [0.29, 0.717) is 18.7 Å². The molecule has 5 nitrogen and oxygen atoms in total. The SMILES string of the molecule is Br.NCCCOc1ccc(-c2ccn[nH]c2=O)cc1. The van der Waals surface area contributed by atoms with Gasteiger partial charge in [0, 0.05) is 11.8 Å². The first-order valence-corrected chi connectivity index (χ1v) is 5.78. The van der Waals surface area contributed by atoms with Gasteiger partial charge in [0.1, 0.15) is 5.75 Å². The lowest BCUT2D eigenvalue weighted by atomic mass is 10.1. The molecule has 1 aromatic heterocycles. The van der Waals surface area contributed by atoms with Crippen molar-refractivity contribution in [3.8, 4) is 16.9 Å². The lowest BCUT2D eigenvalue weighted by Crippen LogP contribution is -2.09. The minimum absolute atomic E-state index is 0. The fourth-order valence-corrected chi connectivity index (χ4v) is 1.58. The molecule has 0 spiro atoms.